The van der Waals surface area contributed by atoms with Crippen LogP contribution in [0.1, 0.15) is 348 Å². The van der Waals surface area contributed by atoms with Crippen molar-refractivity contribution in [2.75, 3.05) is 7.11 Å². The molecule has 3 aliphatic rings. The summed E-state index contributed by atoms with van der Waals surface area (Å²) in [4.78, 5) is 19.0. The normalized spacial score (nSPS) is 13.7. The zero-order valence-electron chi connectivity index (χ0n) is 78.1. The summed E-state index contributed by atoms with van der Waals surface area (Å²) < 4.78 is 0. The Morgan fingerprint density at radius 3 is 0.881 bits per heavy atom. The van der Waals surface area contributed by atoms with E-state index in [9.17, 15) is 9.59 Å². The van der Waals surface area contributed by atoms with E-state index in [0.29, 0.717) is 5.41 Å². The number of hydrogen-bond donors (Lipinski definition) is 3. The molecule has 5 nitrogen and oxygen atoms in total. The Hall–Kier alpha value is -3.83. The van der Waals surface area contributed by atoms with Gasteiger partial charge in [0.15, 0.2) is 0 Å². The van der Waals surface area contributed by atoms with Crippen molar-refractivity contribution in [3.8, 4) is 0 Å². The van der Waals surface area contributed by atoms with Crippen LogP contribution in [0, 0.1) is 62.2 Å². The molecule has 0 spiro atoms. The van der Waals surface area contributed by atoms with Crippen molar-refractivity contribution in [1.29, 1.82) is 0 Å². The SMILES string of the molecule is C.C.C.C1CCCCC1.CC.CC.CC.CC.CC.CC.CC.CC.CC.CC.CC(C)(C)c1ccccc1.CC1=CC2CC1C(C)C2C.CC=CC.CC=CC(=O)O.CC=CC(=O)O.CCC(C)C(C)=CC(C)CC(C)CC(C)C.CO.[CH3-].[CH3-].[Y].[Y].c1ccc2ccccc2c1.c1ccccc1.c1ccccc1. The van der Waals surface area contributed by atoms with E-state index >= 15 is 0 Å². The van der Waals surface area contributed by atoms with E-state index in [-0.39, 0.29) is 103 Å². The van der Waals surface area contributed by atoms with Gasteiger partial charge in [-0.2, -0.15) is 0 Å². The van der Waals surface area contributed by atoms with E-state index in [1.807, 2.05) is 237 Å². The zero-order valence-corrected chi connectivity index (χ0v) is 83.7. The fourth-order valence-electron chi connectivity index (χ4n) is 9.49. The number of aliphatic carboxylic acids is 2. The Morgan fingerprint density at radius 2 is 0.706 bits per heavy atom. The molecule has 2 radical (unpaired) electrons. The summed E-state index contributed by atoms with van der Waals surface area (Å²) in [7, 11) is 1.00. The second kappa shape index (κ2) is 136. The number of allylic oxidation sites excluding steroid dienone is 8. The maximum absolute atomic E-state index is 9.51. The average molecular weight is 1680 g/mol. The molecule has 0 aromatic heterocycles. The van der Waals surface area contributed by atoms with Crippen LogP contribution in [0.5, 0.6) is 0 Å². The molecule has 5 aromatic carbocycles. The number of carboxylic acid groups (broad SMARTS) is 2. The second-order valence-electron chi connectivity index (χ2n) is 23.0. The van der Waals surface area contributed by atoms with Crippen LogP contribution in [-0.4, -0.2) is 34.4 Å². The van der Waals surface area contributed by atoms with Crippen LogP contribution >= 0.6 is 0 Å². The maximum atomic E-state index is 9.51. The molecule has 0 heterocycles. The molecule has 2 fully saturated rings. The summed E-state index contributed by atoms with van der Waals surface area (Å²) in [6.07, 6.45) is 28.5. The third-order valence-corrected chi connectivity index (χ3v) is 14.4. The first-order valence-corrected chi connectivity index (χ1v) is 40.7. The van der Waals surface area contributed by atoms with Crippen LogP contribution in [0.4, 0.5) is 0 Å². The fraction of sp³-hybridized carbons (Fsp3) is 0.588. The summed E-state index contributed by atoms with van der Waals surface area (Å²) in [5.74, 6) is 5.18. The predicted octanol–water partition coefficient (Wildman–Crippen LogP) is 35.6. The molecular formula is C102H196O5Y2-2. The van der Waals surface area contributed by atoms with Gasteiger partial charge in [0, 0.05) is 84.7 Å². The van der Waals surface area contributed by atoms with Crippen LogP contribution in [-0.2, 0) is 80.4 Å². The number of fused-ring (bicyclic) bond motifs is 3. The fourth-order valence-corrected chi connectivity index (χ4v) is 9.49. The number of carbonyl (C=O) groups is 2. The maximum Gasteiger partial charge on any atom is 0.327 e. The Morgan fingerprint density at radius 1 is 0.450 bits per heavy atom. The molecule has 0 amide bonds. The molecule has 109 heavy (non-hydrogen) atoms. The van der Waals surface area contributed by atoms with Gasteiger partial charge in [0.05, 0.1) is 0 Å². The molecule has 7 atom stereocenters. The molecular weight excluding hydrogens is 1480 g/mol. The summed E-state index contributed by atoms with van der Waals surface area (Å²) >= 11 is 0. The first-order chi connectivity index (χ1) is 49.1. The van der Waals surface area contributed by atoms with Crippen LogP contribution in [0.2, 0.25) is 0 Å². The number of aliphatic hydroxyl groups excluding tert-OH is 1. The standard InChI is InChI=1S/C16H32.C10H16.C10H8.C10H14.C6H12.2C6H6.2C4H6O2.C4H8.10C2H6.CH4O.3CH4.2CH3.2Y/c1-8-15(6)16(7)11-14(5)10-13(4)9-12(2)3;1-6-4-9-5-10(6)8(3)7(9)2;1-2-6-10-8-4-3-7-9(10)5-1;1-10(2,3)9-7-5-4-6-8-9;3*1-2-4-6-5-3-1;2*1-2-3-4(5)6;1-3-4-2;11*1-2;;;;;;;/h11-15H,8-10H2,1-7H3;4,7-10H,5H2,1-3H3;1-8H;4-8H,1-3H3;1-6H2;2*1-6H;2*2-3H,1H3,(H,5,6);3-4H,1-2H3;10*1-2H3;2H,1H3;3*1H4;2*1H3;;/q;;;;;;;;;;;;;;;;;;;;;;;;2*-1;;. The van der Waals surface area contributed by atoms with E-state index in [0.717, 1.165) is 66.6 Å². The predicted molar refractivity (Wildman–Crippen MR) is 509 cm³/mol. The first-order valence-electron chi connectivity index (χ1n) is 40.7. The molecule has 2 bridgehead atoms. The quantitative estimate of drug-likeness (QED) is 0.0777. The number of carboxylic acids is 2. The van der Waals surface area contributed by atoms with Gasteiger partial charge < -0.3 is 30.2 Å². The van der Waals surface area contributed by atoms with Gasteiger partial charge in [0.2, 0.25) is 0 Å². The van der Waals surface area contributed by atoms with Gasteiger partial charge in [0.1, 0.15) is 0 Å². The summed E-state index contributed by atoms with van der Waals surface area (Å²) in [6.45, 7) is 77.4. The van der Waals surface area contributed by atoms with E-state index in [2.05, 4.69) is 181 Å². The van der Waals surface area contributed by atoms with Crippen molar-refractivity contribution in [1.82, 2.24) is 0 Å². The molecule has 8 rings (SSSR count). The third kappa shape index (κ3) is 120. The molecule has 5 aromatic rings. The van der Waals surface area contributed by atoms with Crippen LogP contribution < -0.4 is 0 Å². The molecule has 0 aliphatic heterocycles. The number of rotatable bonds is 9. The van der Waals surface area contributed by atoms with Gasteiger partial charge in [-0.3, -0.25) is 0 Å². The van der Waals surface area contributed by atoms with Crippen LogP contribution in [0.15, 0.2) is 211 Å². The summed E-state index contributed by atoms with van der Waals surface area (Å²) in [5, 5.41) is 25.3. The number of benzene rings is 5. The Labute approximate surface area is 740 Å². The smallest absolute Gasteiger partial charge is 0.327 e. The topological polar surface area (TPSA) is 94.8 Å². The van der Waals surface area contributed by atoms with Crippen molar-refractivity contribution in [3.63, 3.8) is 0 Å². The third-order valence-electron chi connectivity index (χ3n) is 14.4. The molecule has 7 unspecified atom stereocenters. The minimum atomic E-state index is -0.891. The Bertz CT molecular complexity index is 2190. The first kappa shape index (κ1) is 157. The van der Waals surface area contributed by atoms with Crippen molar-refractivity contribution >= 4 is 22.7 Å². The average Bonchev–Trinajstić information content (AvgIpc) is 1.64. The Balaban J connectivity index is -0.0000000439. The van der Waals surface area contributed by atoms with Crippen LogP contribution in [0.25, 0.3) is 10.8 Å². The van der Waals surface area contributed by atoms with Gasteiger partial charge in [-0.15, -0.1) is 0 Å². The minimum Gasteiger partial charge on any atom is -0.478 e. The molecule has 2 saturated carbocycles. The molecule has 3 aliphatic carbocycles. The number of aliphatic hydroxyl groups is 1. The monoisotopic (exact) mass is 1680 g/mol. The second-order valence-corrected chi connectivity index (χ2v) is 23.0. The van der Waals surface area contributed by atoms with E-state index in [1.165, 1.54) is 92.7 Å². The molecule has 0 saturated heterocycles. The molecule has 7 heteroatoms. The summed E-state index contributed by atoms with van der Waals surface area (Å²) in [6, 6.07) is 51.3. The Kier molecular flexibility index (Phi) is 197. The molecule has 3 N–H and O–H groups in total. The van der Waals surface area contributed by atoms with E-state index in [4.69, 9.17) is 15.3 Å². The van der Waals surface area contributed by atoms with Gasteiger partial charge in [-0.25, -0.2) is 9.59 Å². The van der Waals surface area contributed by atoms with Gasteiger partial charge >= 0.3 is 11.9 Å². The van der Waals surface area contributed by atoms with Crippen molar-refractivity contribution in [3.05, 3.63) is 232 Å². The van der Waals surface area contributed by atoms with Crippen molar-refractivity contribution < 1.29 is 90.3 Å². The molecule has 642 valence electrons. The van der Waals surface area contributed by atoms with Crippen molar-refractivity contribution in [2.24, 2.45) is 47.3 Å². The van der Waals surface area contributed by atoms with Crippen LogP contribution in [0.3, 0.4) is 0 Å². The van der Waals surface area contributed by atoms with E-state index in [1.54, 1.807) is 25.0 Å². The number of hydrogen-bond acceptors (Lipinski definition) is 3. The van der Waals surface area contributed by atoms with E-state index < -0.39 is 11.9 Å². The van der Waals surface area contributed by atoms with Gasteiger partial charge in [-0.05, 0) is 136 Å². The largest absolute Gasteiger partial charge is 0.478 e. The van der Waals surface area contributed by atoms with Gasteiger partial charge in [0.25, 0.3) is 0 Å². The van der Waals surface area contributed by atoms with Crippen molar-refractivity contribution in [2.45, 2.75) is 348 Å². The van der Waals surface area contributed by atoms with Gasteiger partial charge in [-0.1, -0.05) is 475 Å². The minimum absolute atomic E-state index is 0. The zero-order chi connectivity index (χ0) is 82.6. The summed E-state index contributed by atoms with van der Waals surface area (Å²) in [5.41, 5.74) is 4.93.